The van der Waals surface area contributed by atoms with E-state index in [9.17, 15) is 9.59 Å². The fourth-order valence-electron chi connectivity index (χ4n) is 5.30. The van der Waals surface area contributed by atoms with Gasteiger partial charge in [0, 0.05) is 12.8 Å². The molecule has 0 saturated heterocycles. The van der Waals surface area contributed by atoms with Crippen LogP contribution < -0.4 is 0 Å². The van der Waals surface area contributed by atoms with Gasteiger partial charge in [0.2, 0.25) is 0 Å². The van der Waals surface area contributed by atoms with Crippen LogP contribution in [0.3, 0.4) is 0 Å². The Morgan fingerprint density at radius 1 is 0.500 bits per heavy atom. The number of allylic oxidation sites excluding steroid dienone is 8. The van der Waals surface area contributed by atoms with E-state index in [1.54, 1.807) is 0 Å². The molecule has 0 bridgehead atoms. The largest absolute Gasteiger partial charge is 0.457 e. The summed E-state index contributed by atoms with van der Waals surface area (Å²) in [4.78, 5) is 26.7. The Bertz CT molecular complexity index is 813. The van der Waals surface area contributed by atoms with Gasteiger partial charge in [-0.05, 0) is 98.1 Å². The molecule has 0 radical (unpaired) electrons. The van der Waals surface area contributed by atoms with Crippen molar-refractivity contribution in [3.63, 3.8) is 0 Å². The monoisotopic (exact) mass is 644 g/mol. The van der Waals surface area contributed by atoms with Gasteiger partial charge in [0.15, 0.2) is 6.23 Å². The van der Waals surface area contributed by atoms with Crippen molar-refractivity contribution in [2.24, 2.45) is 0 Å². The summed E-state index contributed by atoms with van der Waals surface area (Å²) in [7, 11) is 3.70. The molecule has 0 aromatic carbocycles. The van der Waals surface area contributed by atoms with E-state index >= 15 is 0 Å². The third-order valence-electron chi connectivity index (χ3n) is 8.14. The van der Waals surface area contributed by atoms with Gasteiger partial charge in [0.25, 0.3) is 0 Å². The van der Waals surface area contributed by atoms with E-state index in [0.717, 1.165) is 64.2 Å². The molecule has 2 atom stereocenters. The Hall–Kier alpha value is -2.14. The third kappa shape index (κ3) is 30.5. The van der Waals surface area contributed by atoms with Crippen molar-refractivity contribution in [2.45, 2.75) is 187 Å². The summed E-state index contributed by atoms with van der Waals surface area (Å²) in [6.45, 7) is 6.29. The molecule has 46 heavy (non-hydrogen) atoms. The van der Waals surface area contributed by atoms with Crippen LogP contribution in [0, 0.1) is 0 Å². The maximum atomic E-state index is 12.5. The zero-order valence-corrected chi connectivity index (χ0v) is 30.8. The minimum atomic E-state index is -0.570. The second-order valence-corrected chi connectivity index (χ2v) is 13.0. The average Bonchev–Trinajstić information content (AvgIpc) is 3.03. The molecule has 0 fully saturated rings. The van der Waals surface area contributed by atoms with Crippen molar-refractivity contribution in [1.29, 1.82) is 0 Å². The molecule has 0 aromatic heterocycles. The smallest absolute Gasteiger partial charge is 0.307 e. The Morgan fingerprint density at radius 3 is 1.24 bits per heavy atom. The van der Waals surface area contributed by atoms with Crippen molar-refractivity contribution in [1.82, 2.24) is 4.90 Å². The van der Waals surface area contributed by atoms with Gasteiger partial charge in [-0.1, -0.05) is 127 Å². The summed E-state index contributed by atoms with van der Waals surface area (Å²) in [5.74, 6) is -0.434. The zero-order chi connectivity index (χ0) is 33.9. The molecule has 0 aliphatic carbocycles. The number of hydrogen-bond acceptors (Lipinski definition) is 5. The fraction of sp³-hybridized carbons (Fsp3) is 0.756. The van der Waals surface area contributed by atoms with Crippen LogP contribution in [0.5, 0.6) is 0 Å². The lowest BCUT2D eigenvalue weighted by Gasteiger charge is -2.29. The van der Waals surface area contributed by atoms with E-state index in [4.69, 9.17) is 9.47 Å². The standard InChI is InChI=1S/C41H73NO4/c1-6-8-10-12-14-16-18-20-22-24-26-28-30-32-34-36-39(43)45-38(3)41(42(4)5)46-40(44)37-35-33-31-29-27-25-23-21-19-17-15-13-11-9-7-2/h14-17,20-23,38,41H,6-13,18-19,24-37H2,1-5H3/b16-14-,17-15-,22-20-,23-21-. The van der Waals surface area contributed by atoms with Gasteiger partial charge in [0.05, 0.1) is 0 Å². The van der Waals surface area contributed by atoms with Crippen LogP contribution >= 0.6 is 0 Å². The van der Waals surface area contributed by atoms with Gasteiger partial charge in [0.1, 0.15) is 6.10 Å². The van der Waals surface area contributed by atoms with Crippen molar-refractivity contribution >= 4 is 11.9 Å². The molecule has 0 spiro atoms. The fourth-order valence-corrected chi connectivity index (χ4v) is 5.30. The molecular weight excluding hydrogens is 570 g/mol. The van der Waals surface area contributed by atoms with Gasteiger partial charge in [-0.25, -0.2) is 0 Å². The number of carbonyl (C=O) groups excluding carboxylic acids is 2. The topological polar surface area (TPSA) is 55.8 Å². The Labute approximate surface area is 285 Å². The number of rotatable bonds is 32. The predicted octanol–water partition coefficient (Wildman–Crippen LogP) is 12.0. The minimum Gasteiger partial charge on any atom is -0.457 e. The highest BCUT2D eigenvalue weighted by Crippen LogP contribution is 2.14. The van der Waals surface area contributed by atoms with Crippen LogP contribution in [0.1, 0.15) is 175 Å². The summed E-state index contributed by atoms with van der Waals surface area (Å²) in [6.07, 6.45) is 43.4. The van der Waals surface area contributed by atoms with Gasteiger partial charge in [-0.15, -0.1) is 0 Å². The van der Waals surface area contributed by atoms with Crippen molar-refractivity contribution in [2.75, 3.05) is 14.1 Å². The van der Waals surface area contributed by atoms with Crippen LogP contribution in [0.2, 0.25) is 0 Å². The second kappa shape index (κ2) is 34.2. The predicted molar refractivity (Wildman–Crippen MR) is 198 cm³/mol. The first kappa shape index (κ1) is 43.9. The number of likely N-dealkylation sites (N-methyl/N-ethyl adjacent to an activating group) is 1. The maximum Gasteiger partial charge on any atom is 0.307 e. The van der Waals surface area contributed by atoms with Crippen molar-refractivity contribution in [3.05, 3.63) is 48.6 Å². The lowest BCUT2D eigenvalue weighted by Crippen LogP contribution is -2.43. The number of esters is 2. The third-order valence-corrected chi connectivity index (χ3v) is 8.14. The van der Waals surface area contributed by atoms with E-state index in [0.29, 0.717) is 12.8 Å². The SMILES string of the molecule is CCCCC/C=C\C/C=C\CCCCCCCC(=O)OC(C)C(OC(=O)CCCCCCC/C=C\C/C=C\CCCCC)N(C)C. The highest BCUT2D eigenvalue weighted by atomic mass is 16.6. The minimum absolute atomic E-state index is 0.213. The number of nitrogens with zero attached hydrogens (tertiary/aromatic N) is 1. The first-order valence-electron chi connectivity index (χ1n) is 19.1. The summed E-state index contributed by atoms with van der Waals surface area (Å²) in [6, 6.07) is 0. The first-order chi connectivity index (χ1) is 22.4. The quantitative estimate of drug-likeness (QED) is 0.0316. The van der Waals surface area contributed by atoms with Crippen LogP contribution in [0.15, 0.2) is 48.6 Å². The molecule has 266 valence electrons. The van der Waals surface area contributed by atoms with E-state index in [-0.39, 0.29) is 11.9 Å². The van der Waals surface area contributed by atoms with Crippen LogP contribution in [0.25, 0.3) is 0 Å². The van der Waals surface area contributed by atoms with Gasteiger partial charge < -0.3 is 9.47 Å². The van der Waals surface area contributed by atoms with E-state index in [1.165, 1.54) is 77.0 Å². The summed E-state index contributed by atoms with van der Waals surface area (Å²) >= 11 is 0. The normalized spacial score (nSPS) is 13.5. The summed E-state index contributed by atoms with van der Waals surface area (Å²) in [5.41, 5.74) is 0. The van der Waals surface area contributed by atoms with Gasteiger partial charge in [-0.3, -0.25) is 14.5 Å². The zero-order valence-electron chi connectivity index (χ0n) is 30.8. The molecule has 5 nitrogen and oxygen atoms in total. The summed E-state index contributed by atoms with van der Waals surface area (Å²) in [5, 5.41) is 0. The van der Waals surface area contributed by atoms with Crippen LogP contribution in [-0.4, -0.2) is 43.3 Å². The molecule has 5 heteroatoms. The highest BCUT2D eigenvalue weighted by molar-refractivity contribution is 5.70. The first-order valence-corrected chi connectivity index (χ1v) is 19.1. The van der Waals surface area contributed by atoms with Crippen LogP contribution in [-0.2, 0) is 19.1 Å². The lowest BCUT2D eigenvalue weighted by atomic mass is 10.1. The Kier molecular flexibility index (Phi) is 32.6. The van der Waals surface area contributed by atoms with Gasteiger partial charge in [-0.2, -0.15) is 0 Å². The van der Waals surface area contributed by atoms with E-state index < -0.39 is 12.3 Å². The molecule has 0 N–H and O–H groups in total. The van der Waals surface area contributed by atoms with Crippen molar-refractivity contribution in [3.8, 4) is 0 Å². The molecule has 0 rings (SSSR count). The number of hydrogen-bond donors (Lipinski definition) is 0. The Morgan fingerprint density at radius 2 is 0.848 bits per heavy atom. The van der Waals surface area contributed by atoms with E-state index in [2.05, 4.69) is 62.5 Å². The molecule has 2 unspecified atom stereocenters. The Balaban J connectivity index is 3.89. The van der Waals surface area contributed by atoms with Crippen LogP contribution in [0.4, 0.5) is 0 Å². The van der Waals surface area contributed by atoms with Gasteiger partial charge >= 0.3 is 11.9 Å². The van der Waals surface area contributed by atoms with E-state index in [1.807, 2.05) is 25.9 Å². The second-order valence-electron chi connectivity index (χ2n) is 13.0. The maximum absolute atomic E-state index is 12.5. The van der Waals surface area contributed by atoms with Crippen molar-refractivity contribution < 1.29 is 19.1 Å². The average molecular weight is 644 g/mol. The molecule has 0 aliphatic rings. The molecular formula is C41H73NO4. The molecule has 0 aromatic rings. The lowest BCUT2D eigenvalue weighted by molar-refractivity contribution is -0.179. The summed E-state index contributed by atoms with van der Waals surface area (Å²) < 4.78 is 11.4. The molecule has 0 amide bonds. The number of carbonyl (C=O) groups is 2. The molecule has 0 aliphatic heterocycles. The molecule has 0 heterocycles. The number of unbranched alkanes of at least 4 members (excludes halogenated alkanes) is 16. The number of ether oxygens (including phenoxy) is 2. The molecule has 0 saturated carbocycles. The highest BCUT2D eigenvalue weighted by Gasteiger charge is 2.26.